The second-order valence-electron chi connectivity index (χ2n) is 4.88. The molecule has 0 aromatic heterocycles. The van der Waals surface area contributed by atoms with E-state index < -0.39 is 0 Å². The van der Waals surface area contributed by atoms with Crippen LogP contribution in [-0.2, 0) is 0 Å². The molecule has 0 radical (unpaired) electrons. The number of benzene rings is 1. The van der Waals surface area contributed by atoms with Crippen LogP contribution in [0.4, 0.5) is 0 Å². The van der Waals surface area contributed by atoms with Crippen molar-refractivity contribution in [2.24, 2.45) is 5.73 Å². The number of rotatable bonds is 7. The largest absolute Gasteiger partial charge is 0.493 e. The standard InChI is InChI=1S/C15H22N2O3S/c1-10(2)17(8-7-14(16)21)15(18)11-5-6-12(19-3)13(9-11)20-4/h5-6,9-10H,7-8H2,1-4H3,(H2,16,21). The first-order chi connectivity index (χ1) is 9.90. The molecule has 2 N–H and O–H groups in total. The number of methoxy groups -OCH3 is 2. The maximum atomic E-state index is 12.6. The van der Waals surface area contributed by atoms with Crippen LogP contribution in [-0.4, -0.2) is 42.6 Å². The van der Waals surface area contributed by atoms with Crippen LogP contribution in [0.15, 0.2) is 18.2 Å². The Balaban J connectivity index is 3.00. The van der Waals surface area contributed by atoms with E-state index in [1.165, 1.54) is 0 Å². The summed E-state index contributed by atoms with van der Waals surface area (Å²) in [7, 11) is 3.10. The highest BCUT2D eigenvalue weighted by Crippen LogP contribution is 2.28. The van der Waals surface area contributed by atoms with Crippen LogP contribution in [0, 0.1) is 0 Å². The van der Waals surface area contributed by atoms with E-state index in [-0.39, 0.29) is 11.9 Å². The van der Waals surface area contributed by atoms with Gasteiger partial charge in [0.25, 0.3) is 5.91 Å². The SMILES string of the molecule is COc1ccc(C(=O)N(CCC(N)=S)C(C)C)cc1OC. The van der Waals surface area contributed by atoms with Gasteiger partial charge < -0.3 is 20.1 Å². The summed E-state index contributed by atoms with van der Waals surface area (Å²) in [6.07, 6.45) is 0.506. The number of nitrogens with two attached hydrogens (primary N) is 1. The third kappa shape index (κ3) is 4.60. The van der Waals surface area contributed by atoms with E-state index in [0.717, 1.165) is 0 Å². The van der Waals surface area contributed by atoms with Crippen LogP contribution in [0.25, 0.3) is 0 Å². The van der Waals surface area contributed by atoms with Gasteiger partial charge in [0.05, 0.1) is 19.2 Å². The zero-order valence-electron chi connectivity index (χ0n) is 12.9. The lowest BCUT2D eigenvalue weighted by Crippen LogP contribution is -2.39. The van der Waals surface area contributed by atoms with Crippen LogP contribution in [0.5, 0.6) is 11.5 Å². The van der Waals surface area contributed by atoms with E-state index in [4.69, 9.17) is 27.4 Å². The lowest BCUT2D eigenvalue weighted by Gasteiger charge is -2.27. The van der Waals surface area contributed by atoms with Gasteiger partial charge in [0.1, 0.15) is 0 Å². The van der Waals surface area contributed by atoms with Crippen molar-refractivity contribution < 1.29 is 14.3 Å². The quantitative estimate of drug-likeness (QED) is 0.782. The van der Waals surface area contributed by atoms with E-state index in [2.05, 4.69) is 0 Å². The number of nitrogens with zero attached hydrogens (tertiary/aromatic N) is 1. The van der Waals surface area contributed by atoms with E-state index in [1.54, 1.807) is 37.3 Å². The molecule has 0 unspecified atom stereocenters. The van der Waals surface area contributed by atoms with Crippen molar-refractivity contribution in [1.29, 1.82) is 0 Å². The average Bonchev–Trinajstić information content (AvgIpc) is 2.45. The van der Waals surface area contributed by atoms with Crippen LogP contribution in [0.2, 0.25) is 0 Å². The van der Waals surface area contributed by atoms with Gasteiger partial charge in [-0.3, -0.25) is 4.79 Å². The molecule has 0 spiro atoms. The van der Waals surface area contributed by atoms with Gasteiger partial charge in [-0.2, -0.15) is 0 Å². The van der Waals surface area contributed by atoms with Gasteiger partial charge in [-0.15, -0.1) is 0 Å². The molecule has 0 fully saturated rings. The molecule has 0 heterocycles. The third-order valence-electron chi connectivity index (χ3n) is 3.11. The van der Waals surface area contributed by atoms with Crippen LogP contribution >= 0.6 is 12.2 Å². The summed E-state index contributed by atoms with van der Waals surface area (Å²) in [6.45, 7) is 4.41. The summed E-state index contributed by atoms with van der Waals surface area (Å²) in [5, 5.41) is 0. The Labute approximate surface area is 131 Å². The van der Waals surface area contributed by atoms with E-state index in [1.807, 2.05) is 13.8 Å². The number of hydrogen-bond donors (Lipinski definition) is 1. The molecule has 0 atom stereocenters. The Morgan fingerprint density at radius 1 is 1.29 bits per heavy atom. The predicted molar refractivity (Wildman–Crippen MR) is 87.1 cm³/mol. The monoisotopic (exact) mass is 310 g/mol. The fourth-order valence-corrected chi connectivity index (χ4v) is 2.05. The highest BCUT2D eigenvalue weighted by atomic mass is 32.1. The molecule has 21 heavy (non-hydrogen) atoms. The summed E-state index contributed by atoms with van der Waals surface area (Å²) in [5.74, 6) is 1.04. The first-order valence-corrected chi connectivity index (χ1v) is 7.12. The number of ether oxygens (including phenoxy) is 2. The maximum Gasteiger partial charge on any atom is 0.254 e. The summed E-state index contributed by atoms with van der Waals surface area (Å²) < 4.78 is 10.4. The smallest absolute Gasteiger partial charge is 0.254 e. The molecule has 0 aliphatic carbocycles. The zero-order valence-corrected chi connectivity index (χ0v) is 13.7. The zero-order chi connectivity index (χ0) is 16.0. The van der Waals surface area contributed by atoms with E-state index in [9.17, 15) is 4.79 Å². The number of hydrogen-bond acceptors (Lipinski definition) is 4. The van der Waals surface area contributed by atoms with Crippen molar-refractivity contribution in [3.05, 3.63) is 23.8 Å². The molecule has 1 amide bonds. The minimum Gasteiger partial charge on any atom is -0.493 e. The summed E-state index contributed by atoms with van der Waals surface area (Å²) >= 11 is 4.88. The molecule has 0 saturated carbocycles. The third-order valence-corrected chi connectivity index (χ3v) is 3.32. The molecule has 116 valence electrons. The minimum absolute atomic E-state index is 0.0555. The van der Waals surface area contributed by atoms with Gasteiger partial charge in [-0.25, -0.2) is 0 Å². The fraction of sp³-hybridized carbons (Fsp3) is 0.467. The average molecular weight is 310 g/mol. The molecule has 1 aromatic carbocycles. The Bertz CT molecular complexity index is 518. The van der Waals surface area contributed by atoms with Crippen molar-refractivity contribution in [1.82, 2.24) is 4.90 Å². The molecule has 0 aliphatic heterocycles. The normalized spacial score (nSPS) is 10.3. The summed E-state index contributed by atoms with van der Waals surface area (Å²) in [6, 6.07) is 5.18. The molecule has 0 saturated heterocycles. The molecular formula is C15H22N2O3S. The maximum absolute atomic E-state index is 12.6. The summed E-state index contributed by atoms with van der Waals surface area (Å²) in [4.78, 5) is 14.8. The van der Waals surface area contributed by atoms with Gasteiger partial charge in [0.2, 0.25) is 0 Å². The predicted octanol–water partition coefficient (Wildman–Crippen LogP) is 2.23. The lowest BCUT2D eigenvalue weighted by atomic mass is 10.1. The van der Waals surface area contributed by atoms with E-state index >= 15 is 0 Å². The van der Waals surface area contributed by atoms with Crippen molar-refractivity contribution in [3.8, 4) is 11.5 Å². The molecule has 5 nitrogen and oxygen atoms in total. The highest BCUT2D eigenvalue weighted by molar-refractivity contribution is 7.80. The second-order valence-corrected chi connectivity index (χ2v) is 5.40. The topological polar surface area (TPSA) is 64.8 Å². The molecular weight excluding hydrogens is 288 g/mol. The molecule has 1 rings (SSSR count). The van der Waals surface area contributed by atoms with Crippen LogP contribution in [0.1, 0.15) is 30.6 Å². The van der Waals surface area contributed by atoms with Gasteiger partial charge in [0, 0.05) is 24.6 Å². The summed E-state index contributed by atoms with van der Waals surface area (Å²) in [5.41, 5.74) is 6.07. The van der Waals surface area contributed by atoms with Crippen molar-refractivity contribution in [2.75, 3.05) is 20.8 Å². The first-order valence-electron chi connectivity index (χ1n) is 6.72. The van der Waals surface area contributed by atoms with Crippen molar-refractivity contribution in [2.45, 2.75) is 26.3 Å². The second kappa shape index (κ2) is 7.83. The first kappa shape index (κ1) is 17.2. The Kier molecular flexibility index (Phi) is 6.42. The highest BCUT2D eigenvalue weighted by Gasteiger charge is 2.20. The van der Waals surface area contributed by atoms with Gasteiger partial charge in [0.15, 0.2) is 11.5 Å². The van der Waals surface area contributed by atoms with Crippen molar-refractivity contribution >= 4 is 23.1 Å². The Morgan fingerprint density at radius 3 is 2.38 bits per heavy atom. The fourth-order valence-electron chi connectivity index (χ4n) is 1.96. The Hall–Kier alpha value is -1.82. The van der Waals surface area contributed by atoms with Gasteiger partial charge >= 0.3 is 0 Å². The number of thiocarbonyl (C=S) groups is 1. The minimum atomic E-state index is -0.0813. The van der Waals surface area contributed by atoms with Crippen LogP contribution < -0.4 is 15.2 Å². The van der Waals surface area contributed by atoms with E-state index in [0.29, 0.717) is 35.0 Å². The number of carbonyl (C=O) groups excluding carboxylic acids is 1. The molecule has 0 aliphatic rings. The number of carbonyl (C=O) groups is 1. The van der Waals surface area contributed by atoms with Crippen molar-refractivity contribution in [3.63, 3.8) is 0 Å². The molecule has 1 aromatic rings. The lowest BCUT2D eigenvalue weighted by molar-refractivity contribution is 0.0711. The van der Waals surface area contributed by atoms with Crippen LogP contribution in [0.3, 0.4) is 0 Å². The van der Waals surface area contributed by atoms with Gasteiger partial charge in [-0.1, -0.05) is 12.2 Å². The Morgan fingerprint density at radius 2 is 1.90 bits per heavy atom. The molecule has 6 heteroatoms. The number of amides is 1. The van der Waals surface area contributed by atoms with Gasteiger partial charge in [-0.05, 0) is 32.0 Å². The molecule has 0 bridgehead atoms.